The number of amides is 1. The molecule has 0 aliphatic rings. The van der Waals surface area contributed by atoms with E-state index in [2.05, 4.69) is 21.2 Å². The molecule has 5 heteroatoms. The van der Waals surface area contributed by atoms with Crippen molar-refractivity contribution in [3.8, 4) is 0 Å². The summed E-state index contributed by atoms with van der Waals surface area (Å²) in [5, 5.41) is 11.7. The molecule has 0 saturated carbocycles. The fraction of sp³-hybridized carbons (Fsp3) is 0.364. The zero-order valence-corrected chi connectivity index (χ0v) is 10.6. The molecule has 0 bridgehead atoms. The van der Waals surface area contributed by atoms with E-state index in [9.17, 15) is 4.79 Å². The van der Waals surface area contributed by atoms with Crippen molar-refractivity contribution in [2.75, 3.05) is 12.3 Å². The number of nitrogens with two attached hydrogens (primary N) is 1. The first-order valence-corrected chi connectivity index (χ1v) is 5.84. The molecule has 1 amide bonds. The second-order valence-corrected chi connectivity index (χ2v) is 4.45. The Balaban J connectivity index is 2.80. The fourth-order valence-electron chi connectivity index (χ4n) is 1.29. The highest BCUT2D eigenvalue weighted by Crippen LogP contribution is 2.17. The van der Waals surface area contributed by atoms with Gasteiger partial charge in [-0.25, -0.2) is 0 Å². The highest BCUT2D eigenvalue weighted by molar-refractivity contribution is 9.10. The number of aliphatic hydroxyl groups is 1. The summed E-state index contributed by atoms with van der Waals surface area (Å²) in [6, 6.07) is 4.80. The third kappa shape index (κ3) is 3.50. The first kappa shape index (κ1) is 13.0. The first-order chi connectivity index (χ1) is 7.56. The van der Waals surface area contributed by atoms with E-state index >= 15 is 0 Å². The smallest absolute Gasteiger partial charge is 0.251 e. The number of carbonyl (C=O) groups is 1. The molecule has 0 unspecified atom stereocenters. The SMILES string of the molecule is CC[C@H](CO)NC(=O)c1cc(N)cc(Br)c1. The standard InChI is InChI=1S/C11H15BrN2O2/c1-2-10(6-15)14-11(16)7-3-8(12)5-9(13)4-7/h3-5,10,15H,2,6,13H2,1H3,(H,14,16)/t10-/m1/s1. The number of anilines is 1. The van der Waals surface area contributed by atoms with Crippen molar-refractivity contribution in [2.24, 2.45) is 0 Å². The first-order valence-electron chi connectivity index (χ1n) is 5.04. The van der Waals surface area contributed by atoms with Crippen molar-refractivity contribution in [3.63, 3.8) is 0 Å². The van der Waals surface area contributed by atoms with Gasteiger partial charge in [0.25, 0.3) is 5.91 Å². The van der Waals surface area contributed by atoms with E-state index in [0.717, 1.165) is 4.47 Å². The van der Waals surface area contributed by atoms with Gasteiger partial charge in [-0.1, -0.05) is 22.9 Å². The summed E-state index contributed by atoms with van der Waals surface area (Å²) in [4.78, 5) is 11.8. The largest absolute Gasteiger partial charge is 0.399 e. The number of hydrogen-bond acceptors (Lipinski definition) is 3. The Morgan fingerprint density at radius 3 is 2.75 bits per heavy atom. The highest BCUT2D eigenvalue weighted by atomic mass is 79.9. The Hall–Kier alpha value is -1.07. The van der Waals surface area contributed by atoms with Crippen LogP contribution in [0.3, 0.4) is 0 Å². The quantitative estimate of drug-likeness (QED) is 0.735. The molecule has 88 valence electrons. The number of rotatable bonds is 4. The summed E-state index contributed by atoms with van der Waals surface area (Å²) in [6.07, 6.45) is 0.686. The van der Waals surface area contributed by atoms with Crippen LogP contribution in [0.1, 0.15) is 23.7 Å². The van der Waals surface area contributed by atoms with Crippen LogP contribution in [-0.4, -0.2) is 23.7 Å². The normalized spacial score (nSPS) is 12.2. The van der Waals surface area contributed by atoms with Crippen LogP contribution >= 0.6 is 15.9 Å². The zero-order chi connectivity index (χ0) is 12.1. The van der Waals surface area contributed by atoms with Crippen LogP contribution in [0.4, 0.5) is 5.69 Å². The maximum atomic E-state index is 11.8. The summed E-state index contributed by atoms with van der Waals surface area (Å²) in [5.41, 5.74) is 6.64. The topological polar surface area (TPSA) is 75.3 Å². The molecule has 1 atom stereocenters. The minimum atomic E-state index is -0.228. The lowest BCUT2D eigenvalue weighted by atomic mass is 10.1. The van der Waals surface area contributed by atoms with Gasteiger partial charge < -0.3 is 16.2 Å². The molecule has 4 nitrogen and oxygen atoms in total. The Morgan fingerprint density at radius 2 is 2.25 bits per heavy atom. The maximum absolute atomic E-state index is 11.8. The van der Waals surface area contributed by atoms with E-state index in [0.29, 0.717) is 17.7 Å². The van der Waals surface area contributed by atoms with Gasteiger partial charge in [0.15, 0.2) is 0 Å². The monoisotopic (exact) mass is 286 g/mol. The van der Waals surface area contributed by atoms with E-state index < -0.39 is 0 Å². The third-order valence-electron chi connectivity index (χ3n) is 2.23. The number of nitrogens with one attached hydrogen (secondary N) is 1. The van der Waals surface area contributed by atoms with Gasteiger partial charge in [0.05, 0.1) is 12.6 Å². The average molecular weight is 287 g/mol. The summed E-state index contributed by atoms with van der Waals surface area (Å²) in [6.45, 7) is 1.84. The van der Waals surface area contributed by atoms with Crippen LogP contribution in [0.2, 0.25) is 0 Å². The van der Waals surface area contributed by atoms with Crippen LogP contribution in [0.25, 0.3) is 0 Å². The molecule has 0 aliphatic carbocycles. The van der Waals surface area contributed by atoms with E-state index in [1.165, 1.54) is 0 Å². The molecule has 4 N–H and O–H groups in total. The van der Waals surface area contributed by atoms with Crippen molar-refractivity contribution in [2.45, 2.75) is 19.4 Å². The fourth-order valence-corrected chi connectivity index (χ4v) is 1.80. The molecule has 0 saturated heterocycles. The van der Waals surface area contributed by atoms with Gasteiger partial charge in [-0.3, -0.25) is 4.79 Å². The second kappa shape index (κ2) is 5.86. The molecule has 1 aromatic carbocycles. The maximum Gasteiger partial charge on any atom is 0.251 e. The van der Waals surface area contributed by atoms with E-state index in [1.54, 1.807) is 18.2 Å². The van der Waals surface area contributed by atoms with Gasteiger partial charge >= 0.3 is 0 Å². The van der Waals surface area contributed by atoms with Crippen LogP contribution < -0.4 is 11.1 Å². The molecular formula is C11H15BrN2O2. The lowest BCUT2D eigenvalue weighted by Crippen LogP contribution is -2.36. The lowest BCUT2D eigenvalue weighted by molar-refractivity contribution is 0.0915. The Kier molecular flexibility index (Phi) is 4.76. The molecule has 0 spiro atoms. The van der Waals surface area contributed by atoms with Gasteiger partial charge in [0.2, 0.25) is 0 Å². The summed E-state index contributed by atoms with van der Waals surface area (Å²) in [5.74, 6) is -0.228. The van der Waals surface area contributed by atoms with Gasteiger partial charge in [-0.2, -0.15) is 0 Å². The Morgan fingerprint density at radius 1 is 1.56 bits per heavy atom. The van der Waals surface area contributed by atoms with E-state index in [-0.39, 0.29) is 18.6 Å². The Labute approximate surface area is 103 Å². The lowest BCUT2D eigenvalue weighted by Gasteiger charge is -2.14. The molecule has 0 aliphatic heterocycles. The molecule has 0 fully saturated rings. The number of nitrogen functional groups attached to an aromatic ring is 1. The second-order valence-electron chi connectivity index (χ2n) is 3.53. The molecule has 0 heterocycles. The average Bonchev–Trinajstić information content (AvgIpc) is 2.24. The number of benzene rings is 1. The van der Waals surface area contributed by atoms with Crippen molar-refractivity contribution in [3.05, 3.63) is 28.2 Å². The van der Waals surface area contributed by atoms with Crippen molar-refractivity contribution >= 4 is 27.5 Å². The Bertz CT molecular complexity index is 358. The predicted molar refractivity (Wildman–Crippen MR) is 67.2 cm³/mol. The summed E-state index contributed by atoms with van der Waals surface area (Å²) < 4.78 is 0.759. The van der Waals surface area contributed by atoms with Gasteiger partial charge in [-0.05, 0) is 24.6 Å². The van der Waals surface area contributed by atoms with E-state index in [1.807, 2.05) is 6.92 Å². The van der Waals surface area contributed by atoms with Crippen LogP contribution in [0, 0.1) is 0 Å². The molecule has 1 aromatic rings. The van der Waals surface area contributed by atoms with Gasteiger partial charge in [-0.15, -0.1) is 0 Å². The van der Waals surface area contributed by atoms with Gasteiger partial charge in [0.1, 0.15) is 0 Å². The van der Waals surface area contributed by atoms with Crippen molar-refractivity contribution < 1.29 is 9.90 Å². The minimum Gasteiger partial charge on any atom is -0.399 e. The van der Waals surface area contributed by atoms with Crippen molar-refractivity contribution in [1.29, 1.82) is 0 Å². The molecular weight excluding hydrogens is 272 g/mol. The van der Waals surface area contributed by atoms with Gasteiger partial charge in [0, 0.05) is 15.7 Å². The van der Waals surface area contributed by atoms with Crippen LogP contribution in [0.15, 0.2) is 22.7 Å². The highest BCUT2D eigenvalue weighted by Gasteiger charge is 2.11. The predicted octanol–water partition coefficient (Wildman–Crippen LogP) is 1.53. The number of aliphatic hydroxyl groups excluding tert-OH is 1. The number of hydrogen-bond donors (Lipinski definition) is 3. The van der Waals surface area contributed by atoms with Crippen molar-refractivity contribution in [1.82, 2.24) is 5.32 Å². The molecule has 16 heavy (non-hydrogen) atoms. The number of carbonyl (C=O) groups excluding carboxylic acids is 1. The summed E-state index contributed by atoms with van der Waals surface area (Å²) >= 11 is 3.27. The van der Waals surface area contributed by atoms with Crippen LogP contribution in [0.5, 0.6) is 0 Å². The third-order valence-corrected chi connectivity index (χ3v) is 2.69. The summed E-state index contributed by atoms with van der Waals surface area (Å²) in [7, 11) is 0. The molecule has 0 radical (unpaired) electrons. The minimum absolute atomic E-state index is 0.0638. The number of halogens is 1. The van der Waals surface area contributed by atoms with Crippen LogP contribution in [-0.2, 0) is 0 Å². The van der Waals surface area contributed by atoms with E-state index in [4.69, 9.17) is 10.8 Å². The molecule has 0 aromatic heterocycles. The molecule has 1 rings (SSSR count). The zero-order valence-electron chi connectivity index (χ0n) is 9.03.